The summed E-state index contributed by atoms with van der Waals surface area (Å²) in [5.74, 6) is 0.697. The number of halogens is 1. The van der Waals surface area contributed by atoms with E-state index in [1.165, 1.54) is 0 Å². The zero-order valence-electron chi connectivity index (χ0n) is 12.1. The monoisotopic (exact) mass is 291 g/mol. The van der Waals surface area contributed by atoms with Crippen molar-refractivity contribution in [3.8, 4) is 11.4 Å². The molecule has 3 rings (SSSR count). The molecule has 0 spiro atoms. The van der Waals surface area contributed by atoms with Gasteiger partial charge in [-0.3, -0.25) is 0 Å². The van der Waals surface area contributed by atoms with Gasteiger partial charge in [-0.05, 0) is 39.5 Å². The van der Waals surface area contributed by atoms with Crippen LogP contribution >= 0.6 is 11.6 Å². The molecule has 1 aromatic carbocycles. The summed E-state index contributed by atoms with van der Waals surface area (Å²) in [6.45, 7) is 8.92. The number of aromatic nitrogens is 4. The van der Waals surface area contributed by atoms with Crippen molar-refractivity contribution in [2.45, 2.75) is 33.7 Å². The van der Waals surface area contributed by atoms with Gasteiger partial charge in [-0.2, -0.15) is 0 Å². The van der Waals surface area contributed by atoms with Crippen molar-refractivity contribution in [3.63, 3.8) is 0 Å². The van der Waals surface area contributed by atoms with Crippen LogP contribution in [0.15, 0.2) is 18.2 Å². The minimum absolute atomic E-state index is 0.151. The number of benzene rings is 1. The number of hydrogen-bond acceptors (Lipinski definition) is 4. The lowest BCUT2D eigenvalue weighted by Crippen LogP contribution is -2.06. The Morgan fingerprint density at radius 2 is 1.85 bits per heavy atom. The van der Waals surface area contributed by atoms with Crippen molar-refractivity contribution in [2.75, 3.05) is 5.73 Å². The van der Waals surface area contributed by atoms with Crippen LogP contribution in [0, 0.1) is 10.8 Å². The summed E-state index contributed by atoms with van der Waals surface area (Å²) in [5.41, 5.74) is 7.75. The third kappa shape index (κ3) is 1.66. The molecule has 106 valence electrons. The number of hydrogen-bond donors (Lipinski definition) is 1. The van der Waals surface area contributed by atoms with Crippen LogP contribution in [0.3, 0.4) is 0 Å². The van der Waals surface area contributed by atoms with E-state index in [0.29, 0.717) is 16.5 Å². The highest BCUT2D eigenvalue weighted by molar-refractivity contribution is 6.31. The third-order valence-electron chi connectivity index (χ3n) is 4.94. The summed E-state index contributed by atoms with van der Waals surface area (Å²) in [6, 6.07) is 5.65. The molecule has 0 bridgehead atoms. The Kier molecular flexibility index (Phi) is 2.64. The molecule has 1 saturated carbocycles. The average Bonchev–Trinajstić information content (AvgIpc) is 2.67. The molecule has 1 fully saturated rings. The van der Waals surface area contributed by atoms with Crippen LogP contribution in [-0.4, -0.2) is 20.2 Å². The smallest absolute Gasteiger partial charge is 0.184 e. The van der Waals surface area contributed by atoms with Gasteiger partial charge in [-0.15, -0.1) is 5.10 Å². The molecule has 1 aromatic heterocycles. The van der Waals surface area contributed by atoms with Crippen molar-refractivity contribution < 1.29 is 0 Å². The minimum atomic E-state index is 0.151. The normalized spacial score (nSPS) is 20.1. The van der Waals surface area contributed by atoms with E-state index >= 15 is 0 Å². The van der Waals surface area contributed by atoms with Crippen molar-refractivity contribution in [3.05, 3.63) is 23.2 Å². The van der Waals surface area contributed by atoms with Gasteiger partial charge in [0.2, 0.25) is 0 Å². The summed E-state index contributed by atoms with van der Waals surface area (Å²) < 4.78 is 1.89. The SMILES string of the molecule is CC1(C)C(n2nnnc2-c2ccc(Cl)cc2N)C1(C)C. The van der Waals surface area contributed by atoms with E-state index in [0.717, 1.165) is 5.56 Å². The van der Waals surface area contributed by atoms with Crippen LogP contribution in [-0.2, 0) is 0 Å². The fraction of sp³-hybridized carbons (Fsp3) is 0.500. The molecule has 0 radical (unpaired) electrons. The first-order valence-corrected chi connectivity index (χ1v) is 6.98. The molecule has 1 heterocycles. The third-order valence-corrected chi connectivity index (χ3v) is 5.17. The Morgan fingerprint density at radius 3 is 2.40 bits per heavy atom. The van der Waals surface area contributed by atoms with Gasteiger partial charge >= 0.3 is 0 Å². The first-order chi connectivity index (χ1) is 9.26. The summed E-state index contributed by atoms with van der Waals surface area (Å²) in [5, 5.41) is 12.8. The maximum atomic E-state index is 6.04. The van der Waals surface area contributed by atoms with Gasteiger partial charge in [0.25, 0.3) is 0 Å². The lowest BCUT2D eigenvalue weighted by atomic mass is 10.0. The van der Waals surface area contributed by atoms with Crippen LogP contribution in [0.5, 0.6) is 0 Å². The van der Waals surface area contributed by atoms with E-state index in [-0.39, 0.29) is 16.9 Å². The zero-order valence-corrected chi connectivity index (χ0v) is 12.8. The van der Waals surface area contributed by atoms with E-state index in [1.807, 2.05) is 10.7 Å². The second-order valence-corrected chi connectivity index (χ2v) is 6.96. The van der Waals surface area contributed by atoms with Gasteiger partial charge in [0.15, 0.2) is 5.82 Å². The van der Waals surface area contributed by atoms with Gasteiger partial charge in [-0.1, -0.05) is 39.3 Å². The molecule has 0 unspecified atom stereocenters. The molecule has 2 aromatic rings. The minimum Gasteiger partial charge on any atom is -0.398 e. The van der Waals surface area contributed by atoms with E-state index < -0.39 is 0 Å². The van der Waals surface area contributed by atoms with Crippen LogP contribution in [0.4, 0.5) is 5.69 Å². The second-order valence-electron chi connectivity index (χ2n) is 6.52. The summed E-state index contributed by atoms with van der Waals surface area (Å²) in [4.78, 5) is 0. The Balaban J connectivity index is 2.09. The van der Waals surface area contributed by atoms with Crippen LogP contribution < -0.4 is 5.73 Å². The molecule has 0 amide bonds. The van der Waals surface area contributed by atoms with Gasteiger partial charge in [-0.25, -0.2) is 4.68 Å². The Bertz CT molecular complexity index is 660. The van der Waals surface area contributed by atoms with Crippen LogP contribution in [0.25, 0.3) is 11.4 Å². The van der Waals surface area contributed by atoms with Gasteiger partial charge < -0.3 is 5.73 Å². The predicted octanol–water partition coefficient (Wildman–Crippen LogP) is 3.18. The fourth-order valence-electron chi connectivity index (χ4n) is 3.05. The van der Waals surface area contributed by atoms with Gasteiger partial charge in [0, 0.05) is 16.3 Å². The van der Waals surface area contributed by atoms with Crippen LogP contribution in [0.2, 0.25) is 5.02 Å². The molecular weight excluding hydrogens is 274 g/mol. The molecule has 0 saturated heterocycles. The number of rotatable bonds is 2. The summed E-state index contributed by atoms with van der Waals surface area (Å²) in [6.07, 6.45) is 0. The van der Waals surface area contributed by atoms with E-state index in [2.05, 4.69) is 43.2 Å². The maximum absolute atomic E-state index is 6.04. The van der Waals surface area contributed by atoms with Crippen molar-refractivity contribution in [1.82, 2.24) is 20.2 Å². The maximum Gasteiger partial charge on any atom is 0.184 e. The van der Waals surface area contributed by atoms with Gasteiger partial charge in [0.05, 0.1) is 6.04 Å². The Labute approximate surface area is 123 Å². The lowest BCUT2D eigenvalue weighted by molar-refractivity contribution is 0.457. The summed E-state index contributed by atoms with van der Waals surface area (Å²) >= 11 is 5.95. The molecule has 0 atom stereocenters. The Morgan fingerprint density at radius 1 is 1.20 bits per heavy atom. The average molecular weight is 292 g/mol. The first kappa shape index (κ1) is 13.4. The number of nitrogens with two attached hydrogens (primary N) is 1. The molecule has 2 N–H and O–H groups in total. The molecule has 0 aliphatic heterocycles. The highest BCUT2D eigenvalue weighted by atomic mass is 35.5. The van der Waals surface area contributed by atoms with E-state index in [9.17, 15) is 0 Å². The lowest BCUT2D eigenvalue weighted by Gasteiger charge is -2.08. The molecule has 1 aliphatic rings. The second kappa shape index (κ2) is 3.95. The standard InChI is InChI=1S/C14H18ClN5/c1-13(2)12(14(13,3)4)20-11(17-18-19-20)9-6-5-8(15)7-10(9)16/h5-7,12H,16H2,1-4H3. The quantitative estimate of drug-likeness (QED) is 0.863. The fourth-order valence-corrected chi connectivity index (χ4v) is 3.24. The van der Waals surface area contributed by atoms with E-state index in [4.69, 9.17) is 17.3 Å². The Hall–Kier alpha value is -1.62. The number of nitrogens with zero attached hydrogens (tertiary/aromatic N) is 4. The number of anilines is 1. The largest absolute Gasteiger partial charge is 0.398 e. The molecular formula is C14H18ClN5. The topological polar surface area (TPSA) is 69.6 Å². The highest BCUT2D eigenvalue weighted by Crippen LogP contribution is 2.71. The molecule has 6 heteroatoms. The van der Waals surface area contributed by atoms with Crippen molar-refractivity contribution >= 4 is 17.3 Å². The number of nitrogen functional groups attached to an aromatic ring is 1. The zero-order chi connectivity index (χ0) is 14.7. The first-order valence-electron chi connectivity index (χ1n) is 6.60. The summed E-state index contributed by atoms with van der Waals surface area (Å²) in [7, 11) is 0. The van der Waals surface area contributed by atoms with Crippen molar-refractivity contribution in [2.24, 2.45) is 10.8 Å². The van der Waals surface area contributed by atoms with Crippen molar-refractivity contribution in [1.29, 1.82) is 0 Å². The highest BCUT2D eigenvalue weighted by Gasteiger charge is 2.67. The number of tetrazole rings is 1. The van der Waals surface area contributed by atoms with Crippen LogP contribution in [0.1, 0.15) is 33.7 Å². The van der Waals surface area contributed by atoms with Gasteiger partial charge in [0.1, 0.15) is 0 Å². The predicted molar refractivity (Wildman–Crippen MR) is 79.3 cm³/mol. The van der Waals surface area contributed by atoms with E-state index in [1.54, 1.807) is 12.1 Å². The molecule has 5 nitrogen and oxygen atoms in total. The molecule has 1 aliphatic carbocycles. The molecule has 20 heavy (non-hydrogen) atoms.